The Morgan fingerprint density at radius 1 is 1.10 bits per heavy atom. The van der Waals surface area contributed by atoms with Gasteiger partial charge in [0.15, 0.2) is 5.58 Å². The lowest BCUT2D eigenvalue weighted by Gasteiger charge is -2.35. The Morgan fingerprint density at radius 2 is 1.94 bits per heavy atom. The standard InChI is InChI=1S/C21H20N6O3S/c1-14-23-20(25-30-14)15-6-7-18(22-12-15)26-8-10-27(11-9-26)19(28)13-31-21-24-16-4-2-3-5-17(16)29-21/h2-7,12H,8-11,13H2,1H3. The Balaban J connectivity index is 1.14. The zero-order valence-corrected chi connectivity index (χ0v) is 17.7. The third-order valence-electron chi connectivity index (χ3n) is 5.08. The maximum absolute atomic E-state index is 12.6. The molecule has 0 N–H and O–H groups in total. The number of hydrogen-bond donors (Lipinski definition) is 0. The lowest BCUT2D eigenvalue weighted by molar-refractivity contribution is -0.128. The SMILES string of the molecule is Cc1nc(-c2ccc(N3CCN(C(=O)CSc4nc5ccccc5o4)CC3)nc2)no1. The molecular weight excluding hydrogens is 416 g/mol. The fourth-order valence-electron chi connectivity index (χ4n) is 3.43. The highest BCUT2D eigenvalue weighted by atomic mass is 32.2. The van der Waals surface area contributed by atoms with Crippen molar-refractivity contribution in [3.8, 4) is 11.4 Å². The van der Waals surface area contributed by atoms with Crippen molar-refractivity contribution in [1.82, 2.24) is 25.0 Å². The molecule has 4 aromatic rings. The Labute approximate surface area is 182 Å². The molecule has 10 heteroatoms. The molecule has 1 aliphatic rings. The molecule has 1 aliphatic heterocycles. The number of aromatic nitrogens is 4. The number of anilines is 1. The summed E-state index contributed by atoms with van der Waals surface area (Å²) in [5, 5.41) is 4.43. The van der Waals surface area contributed by atoms with E-state index in [0.717, 1.165) is 35.6 Å². The van der Waals surface area contributed by atoms with Crippen LogP contribution in [0, 0.1) is 6.92 Å². The number of thioether (sulfide) groups is 1. The van der Waals surface area contributed by atoms with Gasteiger partial charge < -0.3 is 18.7 Å². The van der Waals surface area contributed by atoms with Crippen molar-refractivity contribution < 1.29 is 13.7 Å². The van der Waals surface area contributed by atoms with Gasteiger partial charge in [0.25, 0.3) is 5.22 Å². The number of oxazole rings is 1. The molecule has 1 aromatic carbocycles. The van der Waals surface area contributed by atoms with Gasteiger partial charge in [-0.25, -0.2) is 9.97 Å². The van der Waals surface area contributed by atoms with Crippen molar-refractivity contribution in [3.05, 3.63) is 48.5 Å². The van der Waals surface area contributed by atoms with Crippen molar-refractivity contribution in [2.45, 2.75) is 12.1 Å². The van der Waals surface area contributed by atoms with Gasteiger partial charge in [0, 0.05) is 44.9 Å². The van der Waals surface area contributed by atoms with Crippen molar-refractivity contribution >= 4 is 34.6 Å². The Kier molecular flexibility index (Phi) is 5.29. The summed E-state index contributed by atoms with van der Waals surface area (Å²) in [6, 6.07) is 11.5. The number of pyridine rings is 1. The first-order valence-corrected chi connectivity index (χ1v) is 10.9. The maximum Gasteiger partial charge on any atom is 0.257 e. The summed E-state index contributed by atoms with van der Waals surface area (Å²) in [5.41, 5.74) is 2.35. The number of nitrogens with zero attached hydrogens (tertiary/aromatic N) is 6. The molecule has 5 rings (SSSR count). The van der Waals surface area contributed by atoms with Gasteiger partial charge in [0.2, 0.25) is 17.6 Å². The predicted molar refractivity (Wildman–Crippen MR) is 116 cm³/mol. The van der Waals surface area contributed by atoms with Gasteiger partial charge in [0.05, 0.1) is 5.75 Å². The summed E-state index contributed by atoms with van der Waals surface area (Å²) in [6.45, 7) is 4.52. The van der Waals surface area contributed by atoms with Crippen LogP contribution in [0.25, 0.3) is 22.5 Å². The highest BCUT2D eigenvalue weighted by Crippen LogP contribution is 2.24. The van der Waals surface area contributed by atoms with Crippen LogP contribution in [0.2, 0.25) is 0 Å². The number of benzene rings is 1. The van der Waals surface area contributed by atoms with Gasteiger partial charge >= 0.3 is 0 Å². The summed E-state index contributed by atoms with van der Waals surface area (Å²) in [5.74, 6) is 2.32. The largest absolute Gasteiger partial charge is 0.431 e. The van der Waals surface area contributed by atoms with E-state index >= 15 is 0 Å². The highest BCUT2D eigenvalue weighted by Gasteiger charge is 2.22. The van der Waals surface area contributed by atoms with E-state index in [1.807, 2.05) is 41.3 Å². The summed E-state index contributed by atoms with van der Waals surface area (Å²) in [7, 11) is 0. The van der Waals surface area contributed by atoms with Gasteiger partial charge in [-0.05, 0) is 24.3 Å². The first kappa shape index (κ1) is 19.6. The van der Waals surface area contributed by atoms with E-state index < -0.39 is 0 Å². The fraction of sp³-hybridized carbons (Fsp3) is 0.286. The third kappa shape index (κ3) is 4.24. The van der Waals surface area contributed by atoms with Crippen molar-refractivity contribution in [1.29, 1.82) is 0 Å². The second-order valence-corrected chi connectivity index (χ2v) is 8.07. The monoisotopic (exact) mass is 436 g/mol. The van der Waals surface area contributed by atoms with Crippen LogP contribution < -0.4 is 4.90 Å². The average molecular weight is 436 g/mol. The molecule has 1 amide bonds. The molecule has 0 aliphatic carbocycles. The van der Waals surface area contributed by atoms with Gasteiger partial charge in [-0.1, -0.05) is 29.1 Å². The first-order chi connectivity index (χ1) is 15.2. The van der Waals surface area contributed by atoms with E-state index in [9.17, 15) is 4.79 Å². The summed E-state index contributed by atoms with van der Waals surface area (Å²) >= 11 is 1.33. The summed E-state index contributed by atoms with van der Waals surface area (Å²) in [6.07, 6.45) is 1.74. The minimum absolute atomic E-state index is 0.0858. The van der Waals surface area contributed by atoms with Gasteiger partial charge in [-0.2, -0.15) is 4.98 Å². The van der Waals surface area contributed by atoms with Crippen LogP contribution in [0.4, 0.5) is 5.82 Å². The fourth-order valence-corrected chi connectivity index (χ4v) is 4.18. The molecule has 9 nitrogen and oxygen atoms in total. The molecule has 0 bridgehead atoms. The number of piperazine rings is 1. The van der Waals surface area contributed by atoms with Gasteiger partial charge in [-0.3, -0.25) is 4.79 Å². The lowest BCUT2D eigenvalue weighted by atomic mass is 10.2. The van der Waals surface area contributed by atoms with Gasteiger partial charge in [-0.15, -0.1) is 0 Å². The van der Waals surface area contributed by atoms with E-state index in [1.54, 1.807) is 13.1 Å². The molecule has 0 radical (unpaired) electrons. The number of hydrogen-bond acceptors (Lipinski definition) is 9. The number of carbonyl (C=O) groups excluding carboxylic acids is 1. The predicted octanol–water partition coefficient (Wildman–Crippen LogP) is 3.02. The van der Waals surface area contributed by atoms with E-state index in [4.69, 9.17) is 8.94 Å². The van der Waals surface area contributed by atoms with Crippen molar-refractivity contribution in [2.75, 3.05) is 36.8 Å². The number of fused-ring (bicyclic) bond motifs is 1. The smallest absolute Gasteiger partial charge is 0.257 e. The normalized spacial score (nSPS) is 14.4. The Bertz CT molecular complexity index is 1160. The molecule has 4 heterocycles. The zero-order chi connectivity index (χ0) is 21.2. The van der Waals surface area contributed by atoms with Gasteiger partial charge in [0.1, 0.15) is 11.3 Å². The molecule has 158 valence electrons. The van der Waals surface area contributed by atoms with Crippen molar-refractivity contribution in [3.63, 3.8) is 0 Å². The number of carbonyl (C=O) groups is 1. The van der Waals surface area contributed by atoms with E-state index in [1.165, 1.54) is 11.8 Å². The summed E-state index contributed by atoms with van der Waals surface area (Å²) < 4.78 is 10.7. The van der Waals surface area contributed by atoms with E-state index in [0.29, 0.717) is 35.8 Å². The summed E-state index contributed by atoms with van der Waals surface area (Å²) in [4.78, 5) is 29.8. The quantitative estimate of drug-likeness (QED) is 0.437. The number of rotatable bonds is 5. The lowest BCUT2D eigenvalue weighted by Crippen LogP contribution is -2.49. The second-order valence-electron chi connectivity index (χ2n) is 7.15. The van der Waals surface area contributed by atoms with E-state index in [-0.39, 0.29) is 5.91 Å². The van der Waals surface area contributed by atoms with Crippen molar-refractivity contribution in [2.24, 2.45) is 0 Å². The van der Waals surface area contributed by atoms with E-state index in [2.05, 4.69) is 25.0 Å². The van der Waals surface area contributed by atoms with Crippen LogP contribution in [0.1, 0.15) is 5.89 Å². The zero-order valence-electron chi connectivity index (χ0n) is 16.9. The second kappa shape index (κ2) is 8.38. The molecular formula is C21H20N6O3S. The molecule has 31 heavy (non-hydrogen) atoms. The first-order valence-electron chi connectivity index (χ1n) is 9.93. The minimum atomic E-state index is 0.0858. The molecule has 0 unspecified atom stereocenters. The highest BCUT2D eigenvalue weighted by molar-refractivity contribution is 7.99. The number of amides is 1. The van der Waals surface area contributed by atoms with Crippen LogP contribution in [0.5, 0.6) is 0 Å². The third-order valence-corrected chi connectivity index (χ3v) is 5.90. The minimum Gasteiger partial charge on any atom is -0.431 e. The molecule has 3 aromatic heterocycles. The van der Waals surface area contributed by atoms with Crippen LogP contribution in [0.15, 0.2) is 56.8 Å². The molecule has 0 atom stereocenters. The molecule has 1 saturated heterocycles. The Morgan fingerprint density at radius 3 is 2.65 bits per heavy atom. The maximum atomic E-state index is 12.6. The van der Waals surface area contributed by atoms with Crippen LogP contribution in [-0.4, -0.2) is 62.8 Å². The number of para-hydroxylation sites is 2. The van der Waals surface area contributed by atoms with Crippen LogP contribution in [0.3, 0.4) is 0 Å². The average Bonchev–Trinajstić information content (AvgIpc) is 3.43. The topological polar surface area (TPSA) is 101 Å². The molecule has 1 fully saturated rings. The molecule has 0 spiro atoms. The molecule has 0 saturated carbocycles. The Hall–Kier alpha value is -3.40. The van der Waals surface area contributed by atoms with Crippen LogP contribution in [-0.2, 0) is 4.79 Å². The van der Waals surface area contributed by atoms with Crippen LogP contribution >= 0.6 is 11.8 Å². The number of aryl methyl sites for hydroxylation is 1.